The molecule has 0 N–H and O–H groups in total. The SMILES string of the molecule is O=S(=O)(OC1=CCN(Cc2ccc(C(F)(F)F)cc2)CC12CCCCC2)C(F)(F)F. The van der Waals surface area contributed by atoms with E-state index in [1.165, 1.54) is 18.2 Å². The van der Waals surface area contributed by atoms with Crippen LogP contribution in [-0.4, -0.2) is 31.9 Å². The van der Waals surface area contributed by atoms with Crippen molar-refractivity contribution >= 4 is 10.1 Å². The second-order valence-corrected chi connectivity index (χ2v) is 9.29. The third-order valence-electron chi connectivity index (χ3n) is 5.56. The lowest BCUT2D eigenvalue weighted by Gasteiger charge is -2.44. The Morgan fingerprint density at radius 2 is 1.57 bits per heavy atom. The van der Waals surface area contributed by atoms with Gasteiger partial charge in [-0.15, -0.1) is 0 Å². The van der Waals surface area contributed by atoms with Gasteiger partial charge in [0.1, 0.15) is 5.76 Å². The van der Waals surface area contributed by atoms with Gasteiger partial charge in [-0.05, 0) is 36.6 Å². The van der Waals surface area contributed by atoms with Gasteiger partial charge in [-0.25, -0.2) is 0 Å². The van der Waals surface area contributed by atoms with E-state index in [1.54, 1.807) is 0 Å². The molecule has 0 atom stereocenters. The average Bonchev–Trinajstić information content (AvgIpc) is 2.63. The number of hydrogen-bond donors (Lipinski definition) is 0. The van der Waals surface area contributed by atoms with Crippen LogP contribution in [0.15, 0.2) is 36.1 Å². The Bertz CT molecular complexity index is 884. The predicted molar refractivity (Wildman–Crippen MR) is 96.4 cm³/mol. The summed E-state index contributed by atoms with van der Waals surface area (Å²) in [6, 6.07) is 4.69. The third-order valence-corrected chi connectivity index (χ3v) is 6.53. The monoisotopic (exact) mass is 457 g/mol. The maximum absolute atomic E-state index is 12.8. The first-order chi connectivity index (χ1) is 13.8. The van der Waals surface area contributed by atoms with Crippen LogP contribution in [0.4, 0.5) is 26.3 Å². The molecule has 1 aliphatic heterocycles. The fourth-order valence-corrected chi connectivity index (χ4v) is 4.67. The molecule has 1 heterocycles. The molecule has 0 aromatic heterocycles. The lowest BCUT2D eigenvalue weighted by Crippen LogP contribution is -2.45. The summed E-state index contributed by atoms with van der Waals surface area (Å²) >= 11 is 0. The fourth-order valence-electron chi connectivity index (χ4n) is 4.10. The molecule has 1 aliphatic carbocycles. The summed E-state index contributed by atoms with van der Waals surface area (Å²) < 4.78 is 104. The summed E-state index contributed by atoms with van der Waals surface area (Å²) in [7, 11) is -5.76. The van der Waals surface area contributed by atoms with Crippen molar-refractivity contribution in [1.82, 2.24) is 4.90 Å². The van der Waals surface area contributed by atoms with Crippen LogP contribution in [0.5, 0.6) is 0 Å². The average molecular weight is 457 g/mol. The Morgan fingerprint density at radius 3 is 2.10 bits per heavy atom. The van der Waals surface area contributed by atoms with Crippen molar-refractivity contribution in [3.05, 3.63) is 47.2 Å². The second-order valence-electron chi connectivity index (χ2n) is 7.76. The molecule has 2 aliphatic rings. The lowest BCUT2D eigenvalue weighted by molar-refractivity contribution is -0.137. The number of rotatable bonds is 4. The molecule has 0 bridgehead atoms. The van der Waals surface area contributed by atoms with Crippen molar-refractivity contribution in [3.63, 3.8) is 0 Å². The molecule has 1 fully saturated rings. The fraction of sp³-hybridized carbons (Fsp3) is 0.579. The van der Waals surface area contributed by atoms with E-state index in [0.29, 0.717) is 18.4 Å². The Kier molecular flexibility index (Phi) is 6.16. The van der Waals surface area contributed by atoms with E-state index in [4.69, 9.17) is 0 Å². The van der Waals surface area contributed by atoms with Crippen LogP contribution in [0, 0.1) is 5.41 Å². The van der Waals surface area contributed by atoms with Gasteiger partial charge in [0.2, 0.25) is 0 Å². The molecule has 1 aromatic carbocycles. The van der Waals surface area contributed by atoms with Gasteiger partial charge in [-0.2, -0.15) is 34.8 Å². The minimum absolute atomic E-state index is 0.130. The number of halogens is 6. The second kappa shape index (κ2) is 8.07. The van der Waals surface area contributed by atoms with E-state index in [-0.39, 0.29) is 25.4 Å². The molecule has 168 valence electrons. The highest BCUT2D eigenvalue weighted by molar-refractivity contribution is 7.87. The molecule has 11 heteroatoms. The van der Waals surface area contributed by atoms with Gasteiger partial charge in [-0.1, -0.05) is 31.4 Å². The first kappa shape index (κ1) is 22.9. The molecule has 1 saturated carbocycles. The Hall–Kier alpha value is -1.75. The molecule has 0 unspecified atom stereocenters. The summed E-state index contributed by atoms with van der Waals surface area (Å²) in [5.74, 6) is -0.178. The van der Waals surface area contributed by atoms with E-state index in [2.05, 4.69) is 4.18 Å². The number of hydrogen-bond acceptors (Lipinski definition) is 4. The van der Waals surface area contributed by atoms with Gasteiger partial charge >= 0.3 is 21.8 Å². The zero-order valence-electron chi connectivity index (χ0n) is 15.9. The van der Waals surface area contributed by atoms with E-state index in [9.17, 15) is 34.8 Å². The molecule has 0 amide bonds. The first-order valence-corrected chi connectivity index (χ1v) is 10.8. The Balaban J connectivity index is 1.80. The van der Waals surface area contributed by atoms with E-state index in [0.717, 1.165) is 31.4 Å². The molecule has 30 heavy (non-hydrogen) atoms. The standard InChI is InChI=1S/C19H21F6NO3S/c20-18(21,22)15-6-4-14(5-7-15)12-26-11-8-16(29-30(27,28)19(23,24)25)17(13-26)9-2-1-3-10-17/h4-8H,1-3,9-13H2. The van der Waals surface area contributed by atoms with Crippen molar-refractivity contribution in [2.75, 3.05) is 13.1 Å². The normalized spacial score (nSPS) is 20.8. The molecule has 3 rings (SSSR count). The highest BCUT2D eigenvalue weighted by Gasteiger charge is 2.52. The first-order valence-electron chi connectivity index (χ1n) is 9.42. The molecule has 0 saturated heterocycles. The minimum atomic E-state index is -5.76. The lowest BCUT2D eigenvalue weighted by atomic mass is 9.71. The molecule has 4 nitrogen and oxygen atoms in total. The van der Waals surface area contributed by atoms with Gasteiger partial charge in [0.15, 0.2) is 0 Å². The summed E-state index contributed by atoms with van der Waals surface area (Å²) in [6.07, 6.45) is 0.212. The van der Waals surface area contributed by atoms with E-state index in [1.807, 2.05) is 4.90 Å². The van der Waals surface area contributed by atoms with Crippen LogP contribution in [0.25, 0.3) is 0 Å². The third kappa shape index (κ3) is 4.93. The summed E-state index contributed by atoms with van der Waals surface area (Å²) in [4.78, 5) is 1.88. The molecule has 1 aromatic rings. The molecular weight excluding hydrogens is 436 g/mol. The summed E-state index contributed by atoms with van der Waals surface area (Å²) in [5.41, 5.74) is -6.52. The van der Waals surface area contributed by atoms with Crippen molar-refractivity contribution in [3.8, 4) is 0 Å². The van der Waals surface area contributed by atoms with Crippen LogP contribution < -0.4 is 0 Å². The van der Waals surface area contributed by atoms with Crippen LogP contribution in [0.2, 0.25) is 0 Å². The van der Waals surface area contributed by atoms with Crippen LogP contribution >= 0.6 is 0 Å². The van der Waals surface area contributed by atoms with E-state index >= 15 is 0 Å². The minimum Gasteiger partial charge on any atom is -0.380 e. The van der Waals surface area contributed by atoms with Gasteiger partial charge in [0.25, 0.3) is 0 Å². The van der Waals surface area contributed by atoms with Crippen molar-refractivity contribution in [2.24, 2.45) is 5.41 Å². The zero-order chi connectivity index (χ0) is 22.2. The van der Waals surface area contributed by atoms with Crippen molar-refractivity contribution < 1.29 is 38.9 Å². The van der Waals surface area contributed by atoms with E-state index < -0.39 is 32.8 Å². The summed E-state index contributed by atoms with van der Waals surface area (Å²) in [6.45, 7) is 0.689. The predicted octanol–water partition coefficient (Wildman–Crippen LogP) is 5.22. The number of benzene rings is 1. The van der Waals surface area contributed by atoms with Crippen LogP contribution in [-0.2, 0) is 27.0 Å². The van der Waals surface area contributed by atoms with Crippen LogP contribution in [0.3, 0.4) is 0 Å². The summed E-state index contributed by atoms with van der Waals surface area (Å²) in [5, 5.41) is 0. The highest BCUT2D eigenvalue weighted by atomic mass is 32.2. The zero-order valence-corrected chi connectivity index (χ0v) is 16.7. The number of alkyl halides is 6. The van der Waals surface area contributed by atoms with Gasteiger partial charge in [0, 0.05) is 25.0 Å². The Labute approximate surface area is 170 Å². The molecule has 0 radical (unpaired) electrons. The van der Waals surface area contributed by atoms with Crippen molar-refractivity contribution in [2.45, 2.75) is 50.3 Å². The maximum Gasteiger partial charge on any atom is 0.534 e. The topological polar surface area (TPSA) is 46.6 Å². The number of nitrogens with zero attached hydrogens (tertiary/aromatic N) is 1. The Morgan fingerprint density at radius 1 is 0.967 bits per heavy atom. The van der Waals surface area contributed by atoms with Crippen LogP contribution in [0.1, 0.15) is 43.2 Å². The quantitative estimate of drug-likeness (QED) is 0.353. The maximum atomic E-state index is 12.8. The smallest absolute Gasteiger partial charge is 0.380 e. The molecular formula is C19H21F6NO3S. The van der Waals surface area contributed by atoms with Gasteiger partial charge in [-0.3, -0.25) is 4.90 Å². The molecule has 1 spiro atoms. The van der Waals surface area contributed by atoms with Crippen molar-refractivity contribution in [1.29, 1.82) is 0 Å². The highest BCUT2D eigenvalue weighted by Crippen LogP contribution is 2.47. The largest absolute Gasteiger partial charge is 0.534 e. The van der Waals surface area contributed by atoms with Gasteiger partial charge < -0.3 is 4.18 Å². The van der Waals surface area contributed by atoms with Gasteiger partial charge in [0.05, 0.1) is 5.56 Å².